The molecule has 8 heteroatoms. The standard InChI is InChI=1S/C17H15N5O3/c23-16(25-11-13-5-2-1-3-6-13)10-18-17(24)14-7-4-8-15(9-14)22-12-19-20-21-22/h1-9,12H,10-11H2,(H,18,24). The normalized spacial score (nSPS) is 10.2. The maximum absolute atomic E-state index is 12.2. The van der Waals surface area contributed by atoms with Crippen molar-refractivity contribution < 1.29 is 14.3 Å². The lowest BCUT2D eigenvalue weighted by Gasteiger charge is -2.07. The van der Waals surface area contributed by atoms with Gasteiger partial charge in [-0.25, -0.2) is 4.68 Å². The summed E-state index contributed by atoms with van der Waals surface area (Å²) >= 11 is 0. The molecule has 0 radical (unpaired) electrons. The van der Waals surface area contributed by atoms with E-state index in [-0.39, 0.29) is 19.1 Å². The lowest BCUT2D eigenvalue weighted by atomic mass is 10.2. The quantitative estimate of drug-likeness (QED) is 0.677. The van der Waals surface area contributed by atoms with E-state index in [0.717, 1.165) is 5.56 Å². The molecule has 0 unspecified atom stereocenters. The molecule has 1 heterocycles. The zero-order valence-electron chi connectivity index (χ0n) is 13.2. The third kappa shape index (κ3) is 4.47. The highest BCUT2D eigenvalue weighted by Crippen LogP contribution is 2.08. The van der Waals surface area contributed by atoms with E-state index in [1.54, 1.807) is 24.3 Å². The highest BCUT2D eigenvalue weighted by Gasteiger charge is 2.10. The first-order valence-corrected chi connectivity index (χ1v) is 7.53. The van der Waals surface area contributed by atoms with Crippen molar-refractivity contribution in [3.8, 4) is 5.69 Å². The molecule has 0 aliphatic rings. The number of carbonyl (C=O) groups is 2. The average molecular weight is 337 g/mol. The number of esters is 1. The molecule has 0 fully saturated rings. The lowest BCUT2D eigenvalue weighted by molar-refractivity contribution is -0.143. The summed E-state index contributed by atoms with van der Waals surface area (Å²) in [4.78, 5) is 23.9. The van der Waals surface area contributed by atoms with Crippen LogP contribution in [-0.2, 0) is 16.1 Å². The number of nitrogens with zero attached hydrogens (tertiary/aromatic N) is 4. The molecule has 0 aliphatic carbocycles. The summed E-state index contributed by atoms with van der Waals surface area (Å²) in [5.74, 6) is -0.889. The fourth-order valence-electron chi connectivity index (χ4n) is 2.11. The summed E-state index contributed by atoms with van der Waals surface area (Å²) in [7, 11) is 0. The van der Waals surface area contributed by atoms with Crippen LogP contribution in [0.1, 0.15) is 15.9 Å². The van der Waals surface area contributed by atoms with E-state index in [0.29, 0.717) is 11.3 Å². The molecule has 3 rings (SSSR count). The van der Waals surface area contributed by atoms with Gasteiger partial charge in [-0.05, 0) is 34.2 Å². The number of hydrogen-bond acceptors (Lipinski definition) is 6. The first-order chi connectivity index (χ1) is 12.2. The minimum absolute atomic E-state index is 0.171. The van der Waals surface area contributed by atoms with Gasteiger partial charge in [0.2, 0.25) is 0 Å². The minimum atomic E-state index is -0.506. The van der Waals surface area contributed by atoms with Crippen molar-refractivity contribution in [3.63, 3.8) is 0 Å². The topological polar surface area (TPSA) is 99.0 Å². The van der Waals surface area contributed by atoms with E-state index in [9.17, 15) is 9.59 Å². The summed E-state index contributed by atoms with van der Waals surface area (Å²) < 4.78 is 6.55. The molecule has 8 nitrogen and oxygen atoms in total. The first-order valence-electron chi connectivity index (χ1n) is 7.53. The maximum atomic E-state index is 12.2. The number of benzene rings is 2. The van der Waals surface area contributed by atoms with Gasteiger partial charge in [0.05, 0.1) is 5.69 Å². The van der Waals surface area contributed by atoms with E-state index in [4.69, 9.17) is 4.74 Å². The summed E-state index contributed by atoms with van der Waals surface area (Å²) in [5, 5.41) is 13.4. The van der Waals surface area contributed by atoms with Crippen molar-refractivity contribution in [2.75, 3.05) is 6.54 Å². The van der Waals surface area contributed by atoms with Gasteiger partial charge in [0.15, 0.2) is 0 Å². The Kier molecular flexibility index (Phi) is 5.10. The van der Waals surface area contributed by atoms with Crippen LogP contribution in [0.15, 0.2) is 60.9 Å². The van der Waals surface area contributed by atoms with Crippen LogP contribution in [0.4, 0.5) is 0 Å². The second kappa shape index (κ2) is 7.82. The third-order valence-corrected chi connectivity index (χ3v) is 3.36. The van der Waals surface area contributed by atoms with Crippen molar-refractivity contribution >= 4 is 11.9 Å². The molecule has 0 bridgehead atoms. The van der Waals surface area contributed by atoms with Crippen LogP contribution in [0.3, 0.4) is 0 Å². The Morgan fingerprint density at radius 2 is 1.92 bits per heavy atom. The van der Waals surface area contributed by atoms with Crippen molar-refractivity contribution in [1.29, 1.82) is 0 Å². The molecule has 25 heavy (non-hydrogen) atoms. The number of carbonyl (C=O) groups excluding carboxylic acids is 2. The fraction of sp³-hybridized carbons (Fsp3) is 0.118. The second-order valence-electron chi connectivity index (χ2n) is 5.13. The summed E-state index contributed by atoms with van der Waals surface area (Å²) in [5.41, 5.74) is 1.92. The molecule has 2 aromatic carbocycles. The number of amides is 1. The second-order valence-corrected chi connectivity index (χ2v) is 5.13. The Morgan fingerprint density at radius 3 is 2.68 bits per heavy atom. The highest BCUT2D eigenvalue weighted by molar-refractivity contribution is 5.96. The average Bonchev–Trinajstić information content (AvgIpc) is 3.20. The van der Waals surface area contributed by atoms with Gasteiger partial charge in [0.1, 0.15) is 19.5 Å². The third-order valence-electron chi connectivity index (χ3n) is 3.36. The minimum Gasteiger partial charge on any atom is -0.460 e. The predicted octanol–water partition coefficient (Wildman–Crippen LogP) is 1.14. The highest BCUT2D eigenvalue weighted by atomic mass is 16.5. The van der Waals surface area contributed by atoms with Crippen LogP contribution in [-0.4, -0.2) is 38.6 Å². The fourth-order valence-corrected chi connectivity index (χ4v) is 2.11. The van der Waals surface area contributed by atoms with Gasteiger partial charge in [-0.1, -0.05) is 36.4 Å². The smallest absolute Gasteiger partial charge is 0.325 e. The SMILES string of the molecule is O=C(CNC(=O)c1cccc(-n2cnnn2)c1)OCc1ccccc1. The van der Waals surface area contributed by atoms with Gasteiger partial charge in [-0.15, -0.1) is 5.10 Å². The molecule has 0 spiro atoms. The zero-order chi connectivity index (χ0) is 17.5. The van der Waals surface area contributed by atoms with Gasteiger partial charge < -0.3 is 10.1 Å². The van der Waals surface area contributed by atoms with Crippen molar-refractivity contribution in [1.82, 2.24) is 25.5 Å². The predicted molar refractivity (Wildman–Crippen MR) is 87.7 cm³/mol. The molecule has 0 saturated heterocycles. The van der Waals surface area contributed by atoms with E-state index in [1.807, 2.05) is 30.3 Å². The van der Waals surface area contributed by atoms with Crippen LogP contribution in [0.2, 0.25) is 0 Å². The molecular weight excluding hydrogens is 322 g/mol. The summed E-state index contributed by atoms with van der Waals surface area (Å²) in [6.45, 7) is -0.0366. The van der Waals surface area contributed by atoms with Crippen LogP contribution in [0.5, 0.6) is 0 Å². The molecular formula is C17H15N5O3. The molecule has 3 aromatic rings. The largest absolute Gasteiger partial charge is 0.460 e. The molecule has 1 amide bonds. The van der Waals surface area contributed by atoms with Crippen molar-refractivity contribution in [2.45, 2.75) is 6.61 Å². The van der Waals surface area contributed by atoms with Crippen LogP contribution >= 0.6 is 0 Å². The number of nitrogens with one attached hydrogen (secondary N) is 1. The van der Waals surface area contributed by atoms with Gasteiger partial charge in [-0.2, -0.15) is 0 Å². The number of hydrogen-bond donors (Lipinski definition) is 1. The molecule has 126 valence electrons. The maximum Gasteiger partial charge on any atom is 0.325 e. The Balaban J connectivity index is 1.52. The van der Waals surface area contributed by atoms with E-state index in [2.05, 4.69) is 20.8 Å². The molecule has 0 atom stereocenters. The van der Waals surface area contributed by atoms with E-state index < -0.39 is 5.97 Å². The number of aromatic nitrogens is 4. The summed E-state index contributed by atoms with van der Waals surface area (Å²) in [6, 6.07) is 16.1. The molecule has 0 aliphatic heterocycles. The van der Waals surface area contributed by atoms with Crippen LogP contribution in [0.25, 0.3) is 5.69 Å². The Labute approximate surface area is 143 Å². The van der Waals surface area contributed by atoms with E-state index in [1.165, 1.54) is 11.0 Å². The first kappa shape index (κ1) is 16.3. The Hall–Kier alpha value is -3.55. The van der Waals surface area contributed by atoms with Crippen molar-refractivity contribution in [2.24, 2.45) is 0 Å². The van der Waals surface area contributed by atoms with Crippen LogP contribution < -0.4 is 5.32 Å². The summed E-state index contributed by atoms with van der Waals surface area (Å²) in [6.07, 6.45) is 1.43. The number of ether oxygens (including phenoxy) is 1. The molecule has 1 N–H and O–H groups in total. The van der Waals surface area contributed by atoms with Gasteiger partial charge in [0, 0.05) is 5.56 Å². The van der Waals surface area contributed by atoms with Gasteiger partial charge in [0.25, 0.3) is 5.91 Å². The molecule has 0 saturated carbocycles. The number of rotatable bonds is 6. The zero-order valence-corrected chi connectivity index (χ0v) is 13.2. The lowest BCUT2D eigenvalue weighted by Crippen LogP contribution is -2.30. The van der Waals surface area contributed by atoms with Gasteiger partial charge in [-0.3, -0.25) is 9.59 Å². The van der Waals surface area contributed by atoms with Gasteiger partial charge >= 0.3 is 5.97 Å². The molecule has 1 aromatic heterocycles. The Bertz CT molecular complexity index is 850. The van der Waals surface area contributed by atoms with E-state index >= 15 is 0 Å². The van der Waals surface area contributed by atoms with Crippen molar-refractivity contribution in [3.05, 3.63) is 72.1 Å². The Morgan fingerprint density at radius 1 is 1.08 bits per heavy atom. The number of tetrazole rings is 1. The monoisotopic (exact) mass is 337 g/mol. The van der Waals surface area contributed by atoms with Crippen LogP contribution in [0, 0.1) is 0 Å².